The molecular weight excluding hydrogens is 338 g/mol. The Bertz CT molecular complexity index is 960. The normalized spacial score (nSPS) is 11.5. The molecule has 0 spiro atoms. The van der Waals surface area contributed by atoms with Gasteiger partial charge in [-0.15, -0.1) is 0 Å². The van der Waals surface area contributed by atoms with Crippen molar-refractivity contribution in [3.05, 3.63) is 54.1 Å². The van der Waals surface area contributed by atoms with E-state index in [9.17, 15) is 16.8 Å². The molecule has 0 heterocycles. The molecule has 7 nitrogen and oxygen atoms in total. The third-order valence-electron chi connectivity index (χ3n) is 2.76. The Labute approximate surface area is 134 Å². The van der Waals surface area contributed by atoms with Gasteiger partial charge in [0.05, 0.1) is 34.2 Å². The Morgan fingerprint density at radius 3 is 1.87 bits per heavy atom. The van der Waals surface area contributed by atoms with Crippen LogP contribution in [-0.4, -0.2) is 23.1 Å². The number of nitriles is 1. The summed E-state index contributed by atoms with van der Waals surface area (Å²) in [4.78, 5) is -0.0364. The van der Waals surface area contributed by atoms with Gasteiger partial charge in [-0.1, -0.05) is 12.1 Å². The van der Waals surface area contributed by atoms with E-state index in [4.69, 9.17) is 5.26 Å². The molecule has 0 aliphatic rings. The zero-order valence-electron chi connectivity index (χ0n) is 12.0. The van der Waals surface area contributed by atoms with Gasteiger partial charge >= 0.3 is 0 Å². The van der Waals surface area contributed by atoms with Gasteiger partial charge in [0.1, 0.15) is 0 Å². The van der Waals surface area contributed by atoms with Gasteiger partial charge in [-0.3, -0.25) is 9.44 Å². The number of para-hydroxylation sites is 2. The van der Waals surface area contributed by atoms with Crippen LogP contribution in [0.1, 0.15) is 5.56 Å². The first-order chi connectivity index (χ1) is 10.7. The molecule has 0 fully saturated rings. The number of hydrogen-bond acceptors (Lipinski definition) is 5. The number of rotatable bonds is 5. The van der Waals surface area contributed by atoms with E-state index in [2.05, 4.69) is 9.44 Å². The lowest BCUT2D eigenvalue weighted by atomic mass is 10.2. The molecule has 2 N–H and O–H groups in total. The van der Waals surface area contributed by atoms with Crippen molar-refractivity contribution in [2.75, 3.05) is 15.7 Å². The van der Waals surface area contributed by atoms with Crippen molar-refractivity contribution in [3.63, 3.8) is 0 Å². The fourth-order valence-corrected chi connectivity index (χ4v) is 3.43. The van der Waals surface area contributed by atoms with E-state index in [1.165, 1.54) is 36.4 Å². The molecule has 0 unspecified atom stereocenters. The number of nitrogens with one attached hydrogen (secondary N) is 2. The number of hydrogen-bond donors (Lipinski definition) is 2. The summed E-state index contributed by atoms with van der Waals surface area (Å²) in [5, 5.41) is 8.73. The van der Waals surface area contributed by atoms with Gasteiger partial charge in [0, 0.05) is 0 Å². The van der Waals surface area contributed by atoms with Gasteiger partial charge in [0.2, 0.25) is 10.0 Å². The first-order valence-corrected chi connectivity index (χ1v) is 9.68. The highest BCUT2D eigenvalue weighted by Crippen LogP contribution is 2.25. The molecule has 120 valence electrons. The maximum absolute atomic E-state index is 12.3. The molecule has 0 aromatic heterocycles. The highest BCUT2D eigenvalue weighted by molar-refractivity contribution is 7.93. The number of anilines is 2. The van der Waals surface area contributed by atoms with E-state index in [0.717, 1.165) is 6.26 Å². The minimum absolute atomic E-state index is 0.0364. The van der Waals surface area contributed by atoms with E-state index in [1.807, 2.05) is 6.07 Å². The predicted molar refractivity (Wildman–Crippen MR) is 86.9 cm³/mol. The van der Waals surface area contributed by atoms with Gasteiger partial charge in [-0.25, -0.2) is 16.8 Å². The smallest absolute Gasteiger partial charge is 0.261 e. The maximum Gasteiger partial charge on any atom is 0.261 e. The second-order valence-electron chi connectivity index (χ2n) is 4.66. The lowest BCUT2D eigenvalue weighted by Gasteiger charge is -2.13. The fourth-order valence-electron chi connectivity index (χ4n) is 1.77. The molecule has 0 aliphatic carbocycles. The molecular formula is C14H13N3O4S2. The van der Waals surface area contributed by atoms with Crippen molar-refractivity contribution < 1.29 is 16.8 Å². The van der Waals surface area contributed by atoms with Crippen LogP contribution in [0.3, 0.4) is 0 Å². The second kappa shape index (κ2) is 6.28. The van der Waals surface area contributed by atoms with Crippen molar-refractivity contribution >= 4 is 31.4 Å². The van der Waals surface area contributed by atoms with Gasteiger partial charge < -0.3 is 0 Å². The van der Waals surface area contributed by atoms with Crippen molar-refractivity contribution in [2.45, 2.75) is 4.90 Å². The standard InChI is InChI=1S/C14H13N3O4S2/c1-22(18,19)16-13-4-2-3-5-14(13)17-23(20,21)12-8-6-11(10-15)7-9-12/h2-9,16-17H,1H3. The Morgan fingerprint density at radius 1 is 0.870 bits per heavy atom. The molecule has 0 atom stereocenters. The number of nitrogens with zero attached hydrogens (tertiary/aromatic N) is 1. The van der Waals surface area contributed by atoms with Crippen LogP contribution in [0.15, 0.2) is 53.4 Å². The van der Waals surface area contributed by atoms with Crippen LogP contribution in [0.2, 0.25) is 0 Å². The molecule has 2 rings (SSSR count). The van der Waals surface area contributed by atoms with E-state index >= 15 is 0 Å². The minimum atomic E-state index is -3.91. The summed E-state index contributed by atoms with van der Waals surface area (Å²) in [6, 6.07) is 13.3. The van der Waals surface area contributed by atoms with Gasteiger partial charge in [-0.05, 0) is 36.4 Å². The van der Waals surface area contributed by atoms with Crippen LogP contribution >= 0.6 is 0 Å². The van der Waals surface area contributed by atoms with Gasteiger partial charge in [-0.2, -0.15) is 5.26 Å². The molecule has 0 radical (unpaired) electrons. The Balaban J connectivity index is 2.36. The highest BCUT2D eigenvalue weighted by Gasteiger charge is 2.17. The van der Waals surface area contributed by atoms with Crippen LogP contribution in [-0.2, 0) is 20.0 Å². The van der Waals surface area contributed by atoms with Crippen LogP contribution in [0.4, 0.5) is 11.4 Å². The van der Waals surface area contributed by atoms with E-state index in [-0.39, 0.29) is 16.3 Å². The zero-order chi connectivity index (χ0) is 17.1. The molecule has 9 heteroatoms. The van der Waals surface area contributed by atoms with Gasteiger partial charge in [0.25, 0.3) is 10.0 Å². The van der Waals surface area contributed by atoms with Gasteiger partial charge in [0.15, 0.2) is 0 Å². The summed E-state index contributed by atoms with van der Waals surface area (Å²) >= 11 is 0. The van der Waals surface area contributed by atoms with Crippen molar-refractivity contribution in [1.29, 1.82) is 5.26 Å². The molecule has 2 aromatic rings. The molecule has 0 bridgehead atoms. The van der Waals surface area contributed by atoms with E-state index in [1.54, 1.807) is 12.1 Å². The van der Waals surface area contributed by atoms with Crippen molar-refractivity contribution in [2.24, 2.45) is 0 Å². The van der Waals surface area contributed by atoms with E-state index in [0.29, 0.717) is 5.56 Å². The average molecular weight is 351 g/mol. The lowest BCUT2D eigenvalue weighted by molar-refractivity contribution is 0.600. The quantitative estimate of drug-likeness (QED) is 0.851. The first-order valence-electron chi connectivity index (χ1n) is 6.31. The number of benzene rings is 2. The van der Waals surface area contributed by atoms with Crippen LogP contribution < -0.4 is 9.44 Å². The molecule has 0 amide bonds. The number of sulfonamides is 2. The van der Waals surface area contributed by atoms with Crippen molar-refractivity contribution in [1.82, 2.24) is 0 Å². The Hall–Kier alpha value is -2.57. The lowest BCUT2D eigenvalue weighted by Crippen LogP contribution is -2.16. The summed E-state index contributed by atoms with van der Waals surface area (Å²) in [6.07, 6.45) is 0.971. The topological polar surface area (TPSA) is 116 Å². The summed E-state index contributed by atoms with van der Waals surface area (Å²) in [6.45, 7) is 0. The Kier molecular flexibility index (Phi) is 4.58. The Morgan fingerprint density at radius 2 is 1.39 bits per heavy atom. The minimum Gasteiger partial charge on any atom is -0.282 e. The van der Waals surface area contributed by atoms with Crippen LogP contribution in [0.5, 0.6) is 0 Å². The maximum atomic E-state index is 12.3. The molecule has 23 heavy (non-hydrogen) atoms. The molecule has 0 saturated carbocycles. The van der Waals surface area contributed by atoms with Crippen molar-refractivity contribution in [3.8, 4) is 6.07 Å². The third-order valence-corrected chi connectivity index (χ3v) is 4.73. The molecule has 0 aliphatic heterocycles. The van der Waals surface area contributed by atoms with Crippen LogP contribution in [0.25, 0.3) is 0 Å². The highest BCUT2D eigenvalue weighted by atomic mass is 32.2. The largest absolute Gasteiger partial charge is 0.282 e. The summed E-state index contributed by atoms with van der Waals surface area (Å²) in [5.41, 5.74) is 0.553. The fraction of sp³-hybridized carbons (Fsp3) is 0.0714. The third kappa shape index (κ3) is 4.45. The molecule has 0 saturated heterocycles. The summed E-state index contributed by atoms with van der Waals surface area (Å²) < 4.78 is 51.9. The summed E-state index contributed by atoms with van der Waals surface area (Å²) in [7, 11) is -7.46. The van der Waals surface area contributed by atoms with Crippen LogP contribution in [0, 0.1) is 11.3 Å². The summed E-state index contributed by atoms with van der Waals surface area (Å²) in [5.74, 6) is 0. The first kappa shape index (κ1) is 16.8. The predicted octanol–water partition coefficient (Wildman–Crippen LogP) is 1.73. The second-order valence-corrected chi connectivity index (χ2v) is 8.09. The van der Waals surface area contributed by atoms with E-state index < -0.39 is 20.0 Å². The SMILES string of the molecule is CS(=O)(=O)Nc1ccccc1NS(=O)(=O)c1ccc(C#N)cc1. The molecule has 2 aromatic carbocycles. The average Bonchev–Trinajstić information content (AvgIpc) is 2.48. The zero-order valence-corrected chi connectivity index (χ0v) is 13.6. The monoisotopic (exact) mass is 351 g/mol.